The van der Waals surface area contributed by atoms with Crippen LogP contribution in [-0.2, 0) is 10.0 Å². The summed E-state index contributed by atoms with van der Waals surface area (Å²) in [5, 5.41) is 0. The Hall–Kier alpha value is -2.45. The van der Waals surface area contributed by atoms with E-state index in [0.29, 0.717) is 44.0 Å². The fourth-order valence-electron chi connectivity index (χ4n) is 4.40. The summed E-state index contributed by atoms with van der Waals surface area (Å²) in [6.07, 6.45) is 2.74. The fraction of sp³-hybridized carbons (Fsp3) is 0.435. The van der Waals surface area contributed by atoms with Gasteiger partial charge in [-0.1, -0.05) is 24.6 Å². The number of anilines is 1. The molecule has 6 nitrogen and oxygen atoms in total. The van der Waals surface area contributed by atoms with Crippen LogP contribution in [0.15, 0.2) is 53.4 Å². The molecular weight excluding hydrogens is 417 g/mol. The first-order valence-electron chi connectivity index (χ1n) is 10.8. The van der Waals surface area contributed by atoms with Crippen molar-refractivity contribution < 1.29 is 17.6 Å². The van der Waals surface area contributed by atoms with E-state index < -0.39 is 10.0 Å². The predicted molar refractivity (Wildman–Crippen MR) is 118 cm³/mol. The SMILES string of the molecule is CC1CCCCN1S(=O)(=O)c1cccc(C(=O)N2CCN(c3ccccc3F)CC2)c1. The van der Waals surface area contributed by atoms with Gasteiger partial charge in [0, 0.05) is 44.3 Å². The van der Waals surface area contributed by atoms with Crippen molar-refractivity contribution in [3.05, 3.63) is 59.9 Å². The molecule has 166 valence electrons. The van der Waals surface area contributed by atoms with Gasteiger partial charge in [0.05, 0.1) is 10.6 Å². The fourth-order valence-corrected chi connectivity index (χ4v) is 6.14. The summed E-state index contributed by atoms with van der Waals surface area (Å²) in [5.41, 5.74) is 0.906. The second-order valence-corrected chi connectivity index (χ2v) is 10.1. The lowest BCUT2D eigenvalue weighted by Gasteiger charge is -2.36. The van der Waals surface area contributed by atoms with Crippen LogP contribution in [-0.4, -0.2) is 62.3 Å². The molecule has 2 aliphatic heterocycles. The number of rotatable bonds is 4. The number of sulfonamides is 1. The number of carbonyl (C=O) groups excluding carboxylic acids is 1. The highest BCUT2D eigenvalue weighted by Gasteiger charge is 2.32. The molecule has 0 aromatic heterocycles. The number of hydrogen-bond acceptors (Lipinski definition) is 4. The molecule has 2 heterocycles. The molecule has 2 aromatic carbocycles. The van der Waals surface area contributed by atoms with Gasteiger partial charge in [-0.3, -0.25) is 4.79 Å². The molecule has 1 unspecified atom stereocenters. The molecule has 2 aromatic rings. The van der Waals surface area contributed by atoms with Crippen LogP contribution in [0.25, 0.3) is 0 Å². The van der Waals surface area contributed by atoms with E-state index in [-0.39, 0.29) is 22.7 Å². The average molecular weight is 446 g/mol. The van der Waals surface area contributed by atoms with Crippen LogP contribution < -0.4 is 4.90 Å². The van der Waals surface area contributed by atoms with Crippen molar-refractivity contribution in [1.29, 1.82) is 0 Å². The molecule has 0 saturated carbocycles. The Bertz CT molecular complexity index is 1050. The Kier molecular flexibility index (Phi) is 6.29. The second kappa shape index (κ2) is 8.96. The molecule has 1 amide bonds. The molecule has 2 aliphatic rings. The molecule has 0 bridgehead atoms. The Morgan fingerprint density at radius 2 is 1.71 bits per heavy atom. The molecule has 2 saturated heterocycles. The highest BCUT2D eigenvalue weighted by Crippen LogP contribution is 2.26. The zero-order chi connectivity index (χ0) is 22.0. The molecule has 4 rings (SSSR count). The van der Waals surface area contributed by atoms with E-state index >= 15 is 0 Å². The number of nitrogens with zero attached hydrogens (tertiary/aromatic N) is 3. The van der Waals surface area contributed by atoms with E-state index in [2.05, 4.69) is 0 Å². The van der Waals surface area contributed by atoms with Gasteiger partial charge in [-0.05, 0) is 50.1 Å². The van der Waals surface area contributed by atoms with Crippen LogP contribution in [0, 0.1) is 5.82 Å². The molecule has 0 spiro atoms. The summed E-state index contributed by atoms with van der Waals surface area (Å²) < 4.78 is 41.9. The molecule has 1 atom stereocenters. The van der Waals surface area contributed by atoms with Crippen molar-refractivity contribution >= 4 is 21.6 Å². The number of piperazine rings is 1. The minimum atomic E-state index is -3.63. The van der Waals surface area contributed by atoms with Crippen molar-refractivity contribution in [3.63, 3.8) is 0 Å². The first-order valence-corrected chi connectivity index (χ1v) is 12.2. The topological polar surface area (TPSA) is 60.9 Å². The predicted octanol–water partition coefficient (Wildman–Crippen LogP) is 3.35. The van der Waals surface area contributed by atoms with Gasteiger partial charge in [-0.25, -0.2) is 12.8 Å². The van der Waals surface area contributed by atoms with E-state index in [4.69, 9.17) is 0 Å². The van der Waals surface area contributed by atoms with Crippen LogP contribution in [0.5, 0.6) is 0 Å². The zero-order valence-corrected chi connectivity index (χ0v) is 18.5. The molecule has 2 fully saturated rings. The lowest BCUT2D eigenvalue weighted by molar-refractivity contribution is 0.0746. The Morgan fingerprint density at radius 1 is 0.968 bits per heavy atom. The Morgan fingerprint density at radius 3 is 2.42 bits per heavy atom. The summed E-state index contributed by atoms with van der Waals surface area (Å²) in [6, 6.07) is 12.9. The number of benzene rings is 2. The van der Waals surface area contributed by atoms with Gasteiger partial charge in [-0.15, -0.1) is 0 Å². The first-order chi connectivity index (χ1) is 14.9. The number of para-hydroxylation sites is 1. The van der Waals surface area contributed by atoms with Gasteiger partial charge in [0.1, 0.15) is 5.82 Å². The van der Waals surface area contributed by atoms with Gasteiger partial charge in [-0.2, -0.15) is 4.31 Å². The first kappa shape index (κ1) is 21.8. The van der Waals surface area contributed by atoms with Gasteiger partial charge in [0.15, 0.2) is 0 Å². The maximum Gasteiger partial charge on any atom is 0.254 e. The number of halogens is 1. The smallest absolute Gasteiger partial charge is 0.254 e. The van der Waals surface area contributed by atoms with E-state index in [9.17, 15) is 17.6 Å². The maximum absolute atomic E-state index is 14.0. The van der Waals surface area contributed by atoms with E-state index in [1.807, 2.05) is 11.8 Å². The zero-order valence-electron chi connectivity index (χ0n) is 17.7. The van der Waals surface area contributed by atoms with Crippen molar-refractivity contribution in [2.45, 2.75) is 37.1 Å². The molecule has 0 aliphatic carbocycles. The van der Waals surface area contributed by atoms with Crippen molar-refractivity contribution in [2.75, 3.05) is 37.6 Å². The molecule has 31 heavy (non-hydrogen) atoms. The number of carbonyl (C=O) groups is 1. The van der Waals surface area contributed by atoms with Gasteiger partial charge < -0.3 is 9.80 Å². The van der Waals surface area contributed by atoms with Crippen molar-refractivity contribution in [2.24, 2.45) is 0 Å². The van der Waals surface area contributed by atoms with E-state index in [0.717, 1.165) is 19.3 Å². The van der Waals surface area contributed by atoms with Crippen LogP contribution in [0.2, 0.25) is 0 Å². The third-order valence-electron chi connectivity index (χ3n) is 6.19. The minimum absolute atomic E-state index is 0.0374. The van der Waals surface area contributed by atoms with Gasteiger partial charge >= 0.3 is 0 Å². The highest BCUT2D eigenvalue weighted by molar-refractivity contribution is 7.89. The number of amides is 1. The maximum atomic E-state index is 14.0. The normalized spacial score (nSPS) is 20.6. The number of piperidine rings is 1. The van der Waals surface area contributed by atoms with Crippen LogP contribution in [0.1, 0.15) is 36.5 Å². The Labute approximate surface area is 183 Å². The summed E-state index contributed by atoms with van der Waals surface area (Å²) in [7, 11) is -3.63. The van der Waals surface area contributed by atoms with Crippen LogP contribution >= 0.6 is 0 Å². The minimum Gasteiger partial charge on any atom is -0.366 e. The largest absolute Gasteiger partial charge is 0.366 e. The van der Waals surface area contributed by atoms with Crippen molar-refractivity contribution in [3.8, 4) is 0 Å². The molecule has 0 N–H and O–H groups in total. The number of hydrogen-bond donors (Lipinski definition) is 0. The third kappa shape index (κ3) is 4.45. The van der Waals surface area contributed by atoms with E-state index in [1.165, 1.54) is 12.1 Å². The molecule has 0 radical (unpaired) electrons. The second-order valence-electron chi connectivity index (χ2n) is 8.22. The van der Waals surface area contributed by atoms with Crippen LogP contribution in [0.3, 0.4) is 0 Å². The summed E-state index contributed by atoms with van der Waals surface area (Å²) in [4.78, 5) is 16.8. The molecule has 8 heteroatoms. The van der Waals surface area contributed by atoms with Gasteiger partial charge in [0.2, 0.25) is 10.0 Å². The highest BCUT2D eigenvalue weighted by atomic mass is 32.2. The third-order valence-corrected chi connectivity index (χ3v) is 8.20. The lowest BCUT2D eigenvalue weighted by atomic mass is 10.1. The Balaban J connectivity index is 1.47. The van der Waals surface area contributed by atoms with Crippen LogP contribution in [0.4, 0.5) is 10.1 Å². The van der Waals surface area contributed by atoms with E-state index in [1.54, 1.807) is 45.6 Å². The summed E-state index contributed by atoms with van der Waals surface area (Å²) in [5.74, 6) is -0.468. The summed E-state index contributed by atoms with van der Waals surface area (Å²) in [6.45, 7) is 4.40. The molecular formula is C23H28FN3O3S. The summed E-state index contributed by atoms with van der Waals surface area (Å²) >= 11 is 0. The van der Waals surface area contributed by atoms with Crippen molar-refractivity contribution in [1.82, 2.24) is 9.21 Å². The monoisotopic (exact) mass is 445 g/mol. The quantitative estimate of drug-likeness (QED) is 0.724. The lowest BCUT2D eigenvalue weighted by Crippen LogP contribution is -2.49. The average Bonchev–Trinajstić information content (AvgIpc) is 2.79. The van der Waals surface area contributed by atoms with Gasteiger partial charge in [0.25, 0.3) is 5.91 Å². The standard InChI is InChI=1S/C23H28FN3O3S/c1-18-7-4-5-12-27(18)31(29,30)20-9-6-8-19(17-20)23(28)26-15-13-25(14-16-26)22-11-3-2-10-21(22)24/h2-3,6,8-11,17-18H,4-5,7,12-16H2,1H3.